The van der Waals surface area contributed by atoms with Crippen LogP contribution in [0, 0.1) is 6.92 Å². The molecule has 1 N–H and O–H groups in total. The van der Waals surface area contributed by atoms with Crippen molar-refractivity contribution in [1.29, 1.82) is 0 Å². The molecule has 2 aliphatic heterocycles. The van der Waals surface area contributed by atoms with E-state index in [1.165, 1.54) is 4.90 Å². The maximum Gasteiger partial charge on any atom is 0.324 e. The third kappa shape index (κ3) is 2.03. The molecule has 1 unspecified atom stereocenters. The number of pyridine rings is 1. The van der Waals surface area contributed by atoms with Crippen LogP contribution in [0.15, 0.2) is 18.3 Å². The number of amides is 3. The second kappa shape index (κ2) is 4.53. The lowest BCUT2D eigenvalue weighted by Crippen LogP contribution is -2.42. The molecule has 0 spiro atoms. The van der Waals surface area contributed by atoms with E-state index >= 15 is 0 Å². The number of carbonyl (C=O) groups excluding carboxylic acids is 2. The van der Waals surface area contributed by atoms with Crippen LogP contribution >= 0.6 is 0 Å². The number of urea groups is 1. The normalized spacial score (nSPS) is 23.1. The maximum absolute atomic E-state index is 11.7. The first-order valence-electron chi connectivity index (χ1n) is 6.43. The summed E-state index contributed by atoms with van der Waals surface area (Å²) in [4.78, 5) is 31.2. The molecule has 2 aliphatic rings. The van der Waals surface area contributed by atoms with Gasteiger partial charge in [-0.25, -0.2) is 9.78 Å². The van der Waals surface area contributed by atoms with Gasteiger partial charge in [0.15, 0.2) is 0 Å². The summed E-state index contributed by atoms with van der Waals surface area (Å²) in [5.41, 5.74) is 1.11. The van der Waals surface area contributed by atoms with Gasteiger partial charge in [-0.15, -0.1) is 0 Å². The van der Waals surface area contributed by atoms with Crippen molar-refractivity contribution in [3.8, 4) is 0 Å². The third-order valence-electron chi connectivity index (χ3n) is 3.69. The molecule has 1 aromatic rings. The van der Waals surface area contributed by atoms with Crippen LogP contribution < -0.4 is 10.2 Å². The number of aryl methyl sites for hydroxylation is 1. The summed E-state index contributed by atoms with van der Waals surface area (Å²) in [6.45, 7) is 3.62. The van der Waals surface area contributed by atoms with Gasteiger partial charge < -0.3 is 10.2 Å². The van der Waals surface area contributed by atoms with Crippen molar-refractivity contribution in [2.45, 2.75) is 19.4 Å². The molecule has 3 heterocycles. The Morgan fingerprint density at radius 1 is 1.42 bits per heavy atom. The third-order valence-corrected chi connectivity index (χ3v) is 3.69. The van der Waals surface area contributed by atoms with Crippen LogP contribution in [0.5, 0.6) is 0 Å². The minimum Gasteiger partial charge on any atom is -0.354 e. The first-order valence-corrected chi connectivity index (χ1v) is 6.43. The number of imide groups is 1. The molecule has 2 saturated heterocycles. The number of carbonyl (C=O) groups is 2. The molecule has 0 bridgehead atoms. The Morgan fingerprint density at radius 2 is 2.26 bits per heavy atom. The second-order valence-corrected chi connectivity index (χ2v) is 4.95. The van der Waals surface area contributed by atoms with Crippen LogP contribution in [0.4, 0.5) is 10.6 Å². The van der Waals surface area contributed by atoms with Gasteiger partial charge in [0, 0.05) is 19.3 Å². The molecule has 1 atom stereocenters. The standard InChI is InChI=1S/C13H16N4O2/c1-9-3-2-5-14-12(9)16-6-4-10(8-16)17-11(18)7-15-13(17)19/h2-3,5,10H,4,6-8H2,1H3,(H,15,19). The van der Waals surface area contributed by atoms with Crippen LogP contribution in [-0.4, -0.2) is 47.5 Å². The van der Waals surface area contributed by atoms with Crippen LogP contribution in [0.1, 0.15) is 12.0 Å². The molecule has 6 nitrogen and oxygen atoms in total. The predicted octanol–water partition coefficient (Wildman–Crippen LogP) is 0.521. The van der Waals surface area contributed by atoms with Crippen molar-refractivity contribution in [2.24, 2.45) is 0 Å². The number of nitrogens with zero attached hydrogens (tertiary/aromatic N) is 3. The van der Waals surface area contributed by atoms with Crippen LogP contribution in [0.2, 0.25) is 0 Å². The number of hydrogen-bond acceptors (Lipinski definition) is 4. The van der Waals surface area contributed by atoms with E-state index in [9.17, 15) is 9.59 Å². The highest BCUT2D eigenvalue weighted by molar-refractivity contribution is 6.02. The zero-order valence-electron chi connectivity index (χ0n) is 10.8. The van der Waals surface area contributed by atoms with Crippen molar-refractivity contribution >= 4 is 17.8 Å². The summed E-state index contributed by atoms with van der Waals surface area (Å²) < 4.78 is 0. The van der Waals surface area contributed by atoms with Crippen LogP contribution in [0.3, 0.4) is 0 Å². The Hall–Kier alpha value is -2.11. The first-order chi connectivity index (χ1) is 9.16. The van der Waals surface area contributed by atoms with Crippen molar-refractivity contribution in [3.63, 3.8) is 0 Å². The molecule has 1 aromatic heterocycles. The first kappa shape index (κ1) is 12.0. The van der Waals surface area contributed by atoms with Crippen molar-refractivity contribution in [3.05, 3.63) is 23.9 Å². The Balaban J connectivity index is 1.76. The molecule has 0 aliphatic carbocycles. The number of nitrogens with one attached hydrogen (secondary N) is 1. The van der Waals surface area contributed by atoms with Gasteiger partial charge in [0.1, 0.15) is 5.82 Å². The lowest BCUT2D eigenvalue weighted by atomic mass is 10.2. The highest BCUT2D eigenvalue weighted by atomic mass is 16.2. The monoisotopic (exact) mass is 260 g/mol. The fraction of sp³-hybridized carbons (Fsp3) is 0.462. The SMILES string of the molecule is Cc1cccnc1N1CCC(N2C(=O)CNC2=O)C1. The number of anilines is 1. The van der Waals surface area contributed by atoms with E-state index in [-0.39, 0.29) is 24.5 Å². The van der Waals surface area contributed by atoms with Gasteiger partial charge in [-0.2, -0.15) is 0 Å². The maximum atomic E-state index is 11.7. The molecule has 3 amide bonds. The van der Waals surface area contributed by atoms with E-state index in [1.807, 2.05) is 19.1 Å². The molecule has 19 heavy (non-hydrogen) atoms. The van der Waals surface area contributed by atoms with E-state index in [0.717, 1.165) is 24.3 Å². The molecular weight excluding hydrogens is 244 g/mol. The van der Waals surface area contributed by atoms with Gasteiger partial charge in [-0.3, -0.25) is 9.69 Å². The molecule has 0 radical (unpaired) electrons. The lowest BCUT2D eigenvalue weighted by molar-refractivity contribution is -0.126. The average Bonchev–Trinajstić information content (AvgIpc) is 2.97. The Labute approximate surface area is 111 Å². The van der Waals surface area contributed by atoms with E-state index in [0.29, 0.717) is 6.54 Å². The Morgan fingerprint density at radius 3 is 2.95 bits per heavy atom. The number of hydrogen-bond donors (Lipinski definition) is 1. The summed E-state index contributed by atoms with van der Waals surface area (Å²) in [6.07, 6.45) is 2.57. The minimum atomic E-state index is -0.269. The van der Waals surface area contributed by atoms with Crippen LogP contribution in [0.25, 0.3) is 0 Å². The van der Waals surface area contributed by atoms with Gasteiger partial charge in [0.25, 0.3) is 0 Å². The molecular formula is C13H16N4O2. The van der Waals surface area contributed by atoms with Gasteiger partial charge in [-0.1, -0.05) is 6.07 Å². The Kier molecular flexibility index (Phi) is 2.85. The molecule has 3 rings (SSSR count). The zero-order valence-corrected chi connectivity index (χ0v) is 10.8. The second-order valence-electron chi connectivity index (χ2n) is 4.95. The van der Waals surface area contributed by atoms with Crippen molar-refractivity contribution < 1.29 is 9.59 Å². The summed E-state index contributed by atoms with van der Waals surface area (Å²) >= 11 is 0. The summed E-state index contributed by atoms with van der Waals surface area (Å²) in [5, 5.41) is 2.57. The van der Waals surface area contributed by atoms with Gasteiger partial charge in [0.2, 0.25) is 5.91 Å². The predicted molar refractivity (Wildman–Crippen MR) is 69.8 cm³/mol. The Bertz CT molecular complexity index is 515. The largest absolute Gasteiger partial charge is 0.354 e. The molecule has 2 fully saturated rings. The summed E-state index contributed by atoms with van der Waals surface area (Å²) in [7, 11) is 0. The van der Waals surface area contributed by atoms with Gasteiger partial charge >= 0.3 is 6.03 Å². The number of aromatic nitrogens is 1. The number of rotatable bonds is 2. The van der Waals surface area contributed by atoms with E-state index in [1.54, 1.807) is 6.20 Å². The minimum absolute atomic E-state index is 0.0450. The highest BCUT2D eigenvalue weighted by Crippen LogP contribution is 2.24. The van der Waals surface area contributed by atoms with E-state index < -0.39 is 0 Å². The van der Waals surface area contributed by atoms with Gasteiger partial charge in [0.05, 0.1) is 12.6 Å². The lowest BCUT2D eigenvalue weighted by Gasteiger charge is -2.22. The molecule has 6 heteroatoms. The fourth-order valence-corrected chi connectivity index (χ4v) is 2.76. The topological polar surface area (TPSA) is 65.5 Å². The van der Waals surface area contributed by atoms with Crippen molar-refractivity contribution in [2.75, 3.05) is 24.5 Å². The molecule has 0 aromatic carbocycles. The fourth-order valence-electron chi connectivity index (χ4n) is 2.76. The smallest absolute Gasteiger partial charge is 0.324 e. The van der Waals surface area contributed by atoms with Gasteiger partial charge in [-0.05, 0) is 25.0 Å². The van der Waals surface area contributed by atoms with Crippen molar-refractivity contribution in [1.82, 2.24) is 15.2 Å². The van der Waals surface area contributed by atoms with Crippen LogP contribution in [-0.2, 0) is 4.79 Å². The summed E-state index contributed by atoms with van der Waals surface area (Å²) in [6, 6.07) is 3.61. The molecule has 0 saturated carbocycles. The molecule has 100 valence electrons. The summed E-state index contributed by atoms with van der Waals surface area (Å²) in [5.74, 6) is 0.812. The van der Waals surface area contributed by atoms with E-state index in [2.05, 4.69) is 15.2 Å². The quantitative estimate of drug-likeness (QED) is 0.787. The highest BCUT2D eigenvalue weighted by Gasteiger charge is 2.38. The zero-order chi connectivity index (χ0) is 13.4. The average molecular weight is 260 g/mol. The van der Waals surface area contributed by atoms with E-state index in [4.69, 9.17) is 0 Å².